The van der Waals surface area contributed by atoms with E-state index in [4.69, 9.17) is 0 Å². The van der Waals surface area contributed by atoms with Crippen molar-refractivity contribution in [3.8, 4) is 11.1 Å². The maximum atomic E-state index is 12.6. The molecule has 0 spiro atoms. The molecule has 1 atom stereocenters. The summed E-state index contributed by atoms with van der Waals surface area (Å²) in [5, 5.41) is 0. The summed E-state index contributed by atoms with van der Waals surface area (Å²) in [6.45, 7) is 6.06. The van der Waals surface area contributed by atoms with Gasteiger partial charge in [0.15, 0.2) is 0 Å². The van der Waals surface area contributed by atoms with Crippen LogP contribution in [0.2, 0.25) is 0 Å². The van der Waals surface area contributed by atoms with Crippen molar-refractivity contribution >= 4 is 5.91 Å². The molecule has 0 saturated carbocycles. The molecule has 21 heavy (non-hydrogen) atoms. The second-order valence-corrected chi connectivity index (χ2v) is 5.72. The first-order valence-electron chi connectivity index (χ1n) is 7.43. The molecule has 0 radical (unpaired) electrons. The van der Waals surface area contributed by atoms with Crippen molar-refractivity contribution in [2.75, 3.05) is 7.05 Å². The van der Waals surface area contributed by atoms with Gasteiger partial charge in [0.2, 0.25) is 5.91 Å². The second kappa shape index (κ2) is 6.57. The number of amides is 1. The first-order valence-corrected chi connectivity index (χ1v) is 7.43. The van der Waals surface area contributed by atoms with Gasteiger partial charge in [0.25, 0.3) is 0 Å². The SMILES string of the molecule is CC(C(=O)N(C)C(C)C)c1ccccc1-c1ccccc1. The molecule has 0 heterocycles. The highest BCUT2D eigenvalue weighted by Crippen LogP contribution is 2.30. The van der Waals surface area contributed by atoms with Crippen LogP contribution >= 0.6 is 0 Å². The third-order valence-electron chi connectivity index (χ3n) is 4.00. The molecule has 1 unspecified atom stereocenters. The molecule has 0 aromatic heterocycles. The lowest BCUT2D eigenvalue weighted by Crippen LogP contribution is -2.36. The van der Waals surface area contributed by atoms with E-state index in [2.05, 4.69) is 24.3 Å². The Morgan fingerprint density at radius 2 is 1.48 bits per heavy atom. The molecular formula is C19H23NO. The molecule has 1 amide bonds. The van der Waals surface area contributed by atoms with E-state index in [1.165, 1.54) is 0 Å². The summed E-state index contributed by atoms with van der Waals surface area (Å²) in [4.78, 5) is 14.4. The summed E-state index contributed by atoms with van der Waals surface area (Å²) in [5.74, 6) is 0.0159. The summed E-state index contributed by atoms with van der Waals surface area (Å²) in [5.41, 5.74) is 3.37. The Labute approximate surface area is 127 Å². The van der Waals surface area contributed by atoms with Crippen molar-refractivity contribution in [2.45, 2.75) is 32.7 Å². The van der Waals surface area contributed by atoms with Crippen molar-refractivity contribution in [1.82, 2.24) is 4.90 Å². The lowest BCUT2D eigenvalue weighted by Gasteiger charge is -2.26. The Balaban J connectivity index is 2.39. The lowest BCUT2D eigenvalue weighted by molar-refractivity contribution is -0.132. The van der Waals surface area contributed by atoms with Crippen LogP contribution in [-0.4, -0.2) is 23.9 Å². The first kappa shape index (κ1) is 15.3. The molecule has 0 aliphatic rings. The van der Waals surface area contributed by atoms with Crippen LogP contribution in [0.3, 0.4) is 0 Å². The zero-order valence-corrected chi connectivity index (χ0v) is 13.2. The van der Waals surface area contributed by atoms with E-state index < -0.39 is 0 Å². The van der Waals surface area contributed by atoms with Gasteiger partial charge in [-0.2, -0.15) is 0 Å². The van der Waals surface area contributed by atoms with E-state index in [1.807, 2.05) is 63.1 Å². The fourth-order valence-corrected chi connectivity index (χ4v) is 2.45. The normalized spacial score (nSPS) is 12.2. The number of carbonyl (C=O) groups excluding carboxylic acids is 1. The molecule has 2 aromatic carbocycles. The highest BCUT2D eigenvalue weighted by Gasteiger charge is 2.23. The average Bonchev–Trinajstić information content (AvgIpc) is 2.53. The molecular weight excluding hydrogens is 258 g/mol. The predicted molar refractivity (Wildman–Crippen MR) is 88.2 cm³/mol. The molecule has 2 nitrogen and oxygen atoms in total. The molecule has 0 aliphatic heterocycles. The van der Waals surface area contributed by atoms with Gasteiger partial charge in [-0.15, -0.1) is 0 Å². The van der Waals surface area contributed by atoms with Gasteiger partial charge >= 0.3 is 0 Å². The van der Waals surface area contributed by atoms with E-state index >= 15 is 0 Å². The van der Waals surface area contributed by atoms with Gasteiger partial charge in [-0.3, -0.25) is 4.79 Å². The van der Waals surface area contributed by atoms with Crippen LogP contribution in [0.15, 0.2) is 54.6 Å². The molecule has 110 valence electrons. The number of carbonyl (C=O) groups is 1. The van der Waals surface area contributed by atoms with Gasteiger partial charge in [0.1, 0.15) is 0 Å². The zero-order valence-electron chi connectivity index (χ0n) is 13.2. The maximum absolute atomic E-state index is 12.6. The molecule has 2 heteroatoms. The quantitative estimate of drug-likeness (QED) is 0.817. The van der Waals surface area contributed by atoms with Crippen molar-refractivity contribution in [2.24, 2.45) is 0 Å². The molecule has 0 saturated heterocycles. The summed E-state index contributed by atoms with van der Waals surface area (Å²) >= 11 is 0. The smallest absolute Gasteiger partial charge is 0.229 e. The van der Waals surface area contributed by atoms with Gasteiger partial charge in [0, 0.05) is 13.1 Å². The predicted octanol–water partition coefficient (Wildman–Crippen LogP) is 4.32. The van der Waals surface area contributed by atoms with Crippen LogP contribution in [0.25, 0.3) is 11.1 Å². The summed E-state index contributed by atoms with van der Waals surface area (Å²) in [7, 11) is 1.87. The Morgan fingerprint density at radius 3 is 2.10 bits per heavy atom. The minimum absolute atomic E-state index is 0.145. The van der Waals surface area contributed by atoms with Gasteiger partial charge in [-0.25, -0.2) is 0 Å². The fourth-order valence-electron chi connectivity index (χ4n) is 2.45. The molecule has 0 N–H and O–H groups in total. The Kier molecular flexibility index (Phi) is 4.79. The Hall–Kier alpha value is -2.09. The number of hydrogen-bond donors (Lipinski definition) is 0. The van der Waals surface area contributed by atoms with Crippen molar-refractivity contribution in [1.29, 1.82) is 0 Å². The van der Waals surface area contributed by atoms with Crippen LogP contribution in [-0.2, 0) is 4.79 Å². The molecule has 0 aliphatic carbocycles. The monoisotopic (exact) mass is 281 g/mol. The summed E-state index contributed by atoms with van der Waals surface area (Å²) in [6, 6.07) is 18.6. The first-order chi connectivity index (χ1) is 10.0. The molecule has 2 aromatic rings. The largest absolute Gasteiger partial charge is 0.343 e. The minimum atomic E-state index is -0.145. The third kappa shape index (κ3) is 3.33. The summed E-state index contributed by atoms with van der Waals surface area (Å²) < 4.78 is 0. The van der Waals surface area contributed by atoms with Gasteiger partial charge in [-0.1, -0.05) is 54.6 Å². The molecule has 0 fully saturated rings. The van der Waals surface area contributed by atoms with E-state index in [9.17, 15) is 4.79 Å². The van der Waals surface area contributed by atoms with Gasteiger partial charge in [0.05, 0.1) is 5.92 Å². The van der Waals surface area contributed by atoms with Crippen LogP contribution in [0, 0.1) is 0 Å². The van der Waals surface area contributed by atoms with Crippen LogP contribution < -0.4 is 0 Å². The highest BCUT2D eigenvalue weighted by molar-refractivity contribution is 5.86. The topological polar surface area (TPSA) is 20.3 Å². The highest BCUT2D eigenvalue weighted by atomic mass is 16.2. The Morgan fingerprint density at radius 1 is 0.905 bits per heavy atom. The van der Waals surface area contributed by atoms with E-state index in [0.29, 0.717) is 0 Å². The number of hydrogen-bond acceptors (Lipinski definition) is 1. The van der Waals surface area contributed by atoms with E-state index in [1.54, 1.807) is 0 Å². The third-order valence-corrected chi connectivity index (χ3v) is 4.00. The number of benzene rings is 2. The van der Waals surface area contributed by atoms with Crippen LogP contribution in [0.4, 0.5) is 0 Å². The Bertz CT molecular complexity index is 604. The molecule has 2 rings (SSSR count). The second-order valence-electron chi connectivity index (χ2n) is 5.72. The number of rotatable bonds is 4. The average molecular weight is 281 g/mol. The van der Waals surface area contributed by atoms with Crippen LogP contribution in [0.1, 0.15) is 32.3 Å². The van der Waals surface area contributed by atoms with E-state index in [-0.39, 0.29) is 17.9 Å². The number of nitrogens with zero attached hydrogens (tertiary/aromatic N) is 1. The number of likely N-dealkylation sites (N-methyl/N-ethyl adjacent to an activating group) is 1. The van der Waals surface area contributed by atoms with Crippen LogP contribution in [0.5, 0.6) is 0 Å². The van der Waals surface area contributed by atoms with Crippen molar-refractivity contribution in [3.05, 3.63) is 60.2 Å². The minimum Gasteiger partial charge on any atom is -0.343 e. The van der Waals surface area contributed by atoms with Gasteiger partial charge < -0.3 is 4.90 Å². The zero-order chi connectivity index (χ0) is 15.4. The maximum Gasteiger partial charge on any atom is 0.229 e. The van der Waals surface area contributed by atoms with E-state index in [0.717, 1.165) is 16.7 Å². The lowest BCUT2D eigenvalue weighted by atomic mass is 9.90. The summed E-state index contributed by atoms with van der Waals surface area (Å²) in [6.07, 6.45) is 0. The standard InChI is InChI=1S/C19H23NO/c1-14(2)20(4)19(21)15(3)17-12-8-9-13-18(17)16-10-6-5-7-11-16/h5-15H,1-4H3. The van der Waals surface area contributed by atoms with Gasteiger partial charge in [-0.05, 0) is 37.5 Å². The van der Waals surface area contributed by atoms with Crippen molar-refractivity contribution in [3.63, 3.8) is 0 Å². The fraction of sp³-hybridized carbons (Fsp3) is 0.316. The van der Waals surface area contributed by atoms with Crippen molar-refractivity contribution < 1.29 is 4.79 Å². The molecule has 0 bridgehead atoms.